The number of halogens is 2. The van der Waals surface area contributed by atoms with Gasteiger partial charge in [0, 0.05) is 32.8 Å². The van der Waals surface area contributed by atoms with E-state index < -0.39 is 0 Å². The van der Waals surface area contributed by atoms with Crippen LogP contribution in [0.1, 0.15) is 4.88 Å². The minimum Gasteiger partial charge on any atom is -0.492 e. The van der Waals surface area contributed by atoms with Crippen LogP contribution in [0, 0.1) is 0 Å². The summed E-state index contributed by atoms with van der Waals surface area (Å²) in [5.74, 6) is 0.847. The number of thiophene rings is 1. The van der Waals surface area contributed by atoms with Crippen molar-refractivity contribution in [2.45, 2.75) is 6.54 Å². The molecule has 2 nitrogen and oxygen atoms in total. The van der Waals surface area contributed by atoms with Gasteiger partial charge in [-0.05, 0) is 46.3 Å². The van der Waals surface area contributed by atoms with Crippen LogP contribution in [0.15, 0.2) is 40.2 Å². The first-order chi connectivity index (χ1) is 8.74. The average Bonchev–Trinajstić information content (AvgIpc) is 2.77. The van der Waals surface area contributed by atoms with E-state index in [2.05, 4.69) is 32.7 Å². The number of benzene rings is 1. The largest absolute Gasteiger partial charge is 0.492 e. The minimum atomic E-state index is 0.647. The maximum atomic E-state index is 5.79. The maximum absolute atomic E-state index is 5.79. The fraction of sp³-hybridized carbons (Fsp3) is 0.231. The maximum Gasteiger partial charge on any atom is 0.119 e. The predicted octanol–water partition coefficient (Wildman–Crippen LogP) is 4.33. The van der Waals surface area contributed by atoms with Crippen LogP contribution in [-0.2, 0) is 6.54 Å². The molecule has 0 aliphatic carbocycles. The van der Waals surface area contributed by atoms with Crippen LogP contribution >= 0.6 is 38.9 Å². The molecule has 0 aliphatic rings. The van der Waals surface area contributed by atoms with E-state index in [4.69, 9.17) is 16.3 Å². The summed E-state index contributed by atoms with van der Waals surface area (Å²) in [6.45, 7) is 2.34. The Bertz CT molecular complexity index is 486. The van der Waals surface area contributed by atoms with Crippen LogP contribution in [-0.4, -0.2) is 13.2 Å². The molecule has 0 saturated carbocycles. The van der Waals surface area contributed by atoms with E-state index >= 15 is 0 Å². The molecule has 0 amide bonds. The SMILES string of the molecule is Clc1ccc(OCCNCc2cc(Br)cs2)cc1. The van der Waals surface area contributed by atoms with Crippen LogP contribution in [0.5, 0.6) is 5.75 Å². The van der Waals surface area contributed by atoms with Crippen molar-refractivity contribution in [1.82, 2.24) is 5.32 Å². The molecule has 0 fully saturated rings. The Morgan fingerprint density at radius 1 is 1.28 bits per heavy atom. The van der Waals surface area contributed by atoms with Gasteiger partial charge in [0.2, 0.25) is 0 Å². The van der Waals surface area contributed by atoms with Gasteiger partial charge in [-0.3, -0.25) is 0 Å². The molecule has 0 spiro atoms. The van der Waals surface area contributed by atoms with Crippen LogP contribution in [0.2, 0.25) is 5.02 Å². The zero-order valence-electron chi connectivity index (χ0n) is 9.66. The van der Waals surface area contributed by atoms with Crippen LogP contribution in [0.3, 0.4) is 0 Å². The van der Waals surface area contributed by atoms with E-state index in [1.807, 2.05) is 24.3 Å². The highest BCUT2D eigenvalue weighted by Gasteiger charge is 1.97. The number of nitrogens with one attached hydrogen (secondary N) is 1. The van der Waals surface area contributed by atoms with E-state index in [0.29, 0.717) is 6.61 Å². The number of hydrogen-bond acceptors (Lipinski definition) is 3. The van der Waals surface area contributed by atoms with Crippen LogP contribution < -0.4 is 10.1 Å². The first-order valence-electron chi connectivity index (χ1n) is 5.56. The summed E-state index contributed by atoms with van der Waals surface area (Å²) < 4.78 is 6.72. The number of ether oxygens (including phenoxy) is 1. The summed E-state index contributed by atoms with van der Waals surface area (Å²) in [5.41, 5.74) is 0. The van der Waals surface area contributed by atoms with E-state index in [1.54, 1.807) is 11.3 Å². The molecular weight excluding hydrogens is 334 g/mol. The van der Waals surface area contributed by atoms with Crippen molar-refractivity contribution >= 4 is 38.9 Å². The lowest BCUT2D eigenvalue weighted by Gasteiger charge is -2.06. The van der Waals surface area contributed by atoms with Gasteiger partial charge in [0.1, 0.15) is 12.4 Å². The third kappa shape index (κ3) is 4.61. The Morgan fingerprint density at radius 2 is 2.06 bits per heavy atom. The molecule has 18 heavy (non-hydrogen) atoms. The second-order valence-electron chi connectivity index (χ2n) is 3.71. The van der Waals surface area contributed by atoms with Crippen molar-refractivity contribution in [1.29, 1.82) is 0 Å². The van der Waals surface area contributed by atoms with Gasteiger partial charge in [-0.2, -0.15) is 0 Å². The molecule has 0 bridgehead atoms. The molecule has 1 aromatic heterocycles. The predicted molar refractivity (Wildman–Crippen MR) is 80.7 cm³/mol. The van der Waals surface area contributed by atoms with Crippen molar-refractivity contribution in [3.05, 3.63) is 50.1 Å². The van der Waals surface area contributed by atoms with E-state index in [-0.39, 0.29) is 0 Å². The lowest BCUT2D eigenvalue weighted by atomic mass is 10.3. The molecule has 0 saturated heterocycles. The zero-order chi connectivity index (χ0) is 12.8. The van der Waals surface area contributed by atoms with Gasteiger partial charge in [0.25, 0.3) is 0 Å². The molecular formula is C13H13BrClNOS. The summed E-state index contributed by atoms with van der Waals surface area (Å²) in [7, 11) is 0. The monoisotopic (exact) mass is 345 g/mol. The smallest absolute Gasteiger partial charge is 0.119 e. The third-order valence-electron chi connectivity index (χ3n) is 2.28. The van der Waals surface area contributed by atoms with E-state index in [0.717, 1.165) is 28.3 Å². The molecule has 1 N–H and O–H groups in total. The normalized spacial score (nSPS) is 10.6. The summed E-state index contributed by atoms with van der Waals surface area (Å²) in [4.78, 5) is 1.31. The topological polar surface area (TPSA) is 21.3 Å². The van der Waals surface area contributed by atoms with Crippen LogP contribution in [0.4, 0.5) is 0 Å². The molecule has 0 aliphatic heterocycles. The highest BCUT2D eigenvalue weighted by atomic mass is 79.9. The molecule has 1 heterocycles. The van der Waals surface area contributed by atoms with Gasteiger partial charge >= 0.3 is 0 Å². The minimum absolute atomic E-state index is 0.647. The van der Waals surface area contributed by atoms with E-state index in [1.165, 1.54) is 4.88 Å². The number of hydrogen-bond donors (Lipinski definition) is 1. The molecule has 2 aromatic rings. The second-order valence-corrected chi connectivity index (χ2v) is 6.06. The van der Waals surface area contributed by atoms with Crippen LogP contribution in [0.25, 0.3) is 0 Å². The highest BCUT2D eigenvalue weighted by Crippen LogP contribution is 2.19. The molecule has 1 aromatic carbocycles. The first-order valence-corrected chi connectivity index (χ1v) is 7.61. The second kappa shape index (κ2) is 7.14. The van der Waals surface area contributed by atoms with Crippen molar-refractivity contribution < 1.29 is 4.74 Å². The molecule has 96 valence electrons. The molecule has 5 heteroatoms. The Hall–Kier alpha value is -0.550. The van der Waals surface area contributed by atoms with Crippen molar-refractivity contribution in [3.63, 3.8) is 0 Å². The van der Waals surface area contributed by atoms with Gasteiger partial charge in [-0.25, -0.2) is 0 Å². The fourth-order valence-electron chi connectivity index (χ4n) is 1.43. The fourth-order valence-corrected chi connectivity index (χ4v) is 2.98. The van der Waals surface area contributed by atoms with Crippen molar-refractivity contribution in [3.8, 4) is 5.75 Å². The lowest BCUT2D eigenvalue weighted by Crippen LogP contribution is -2.20. The number of rotatable bonds is 6. The molecule has 0 atom stereocenters. The zero-order valence-corrected chi connectivity index (χ0v) is 12.8. The van der Waals surface area contributed by atoms with Crippen molar-refractivity contribution in [2.75, 3.05) is 13.2 Å². The van der Waals surface area contributed by atoms with Gasteiger partial charge in [-0.1, -0.05) is 11.6 Å². The standard InChI is InChI=1S/C13H13BrClNOS/c14-10-7-13(18-9-10)8-16-5-6-17-12-3-1-11(15)2-4-12/h1-4,7,9,16H,5-6,8H2. The Balaban J connectivity index is 1.63. The first kappa shape index (κ1) is 13.9. The van der Waals surface area contributed by atoms with Gasteiger partial charge in [0.05, 0.1) is 0 Å². The quantitative estimate of drug-likeness (QED) is 0.786. The Morgan fingerprint density at radius 3 is 2.72 bits per heavy atom. The average molecular weight is 347 g/mol. The Labute approximate surface area is 124 Å². The van der Waals surface area contributed by atoms with E-state index in [9.17, 15) is 0 Å². The summed E-state index contributed by atoms with van der Waals surface area (Å²) in [6, 6.07) is 9.52. The summed E-state index contributed by atoms with van der Waals surface area (Å²) >= 11 is 11.0. The molecule has 2 rings (SSSR count). The van der Waals surface area contributed by atoms with Gasteiger partial charge < -0.3 is 10.1 Å². The Kier molecular flexibility index (Phi) is 5.50. The summed E-state index contributed by atoms with van der Waals surface area (Å²) in [6.07, 6.45) is 0. The third-order valence-corrected chi connectivity index (χ3v) is 4.23. The highest BCUT2D eigenvalue weighted by molar-refractivity contribution is 9.10. The molecule has 0 radical (unpaired) electrons. The van der Waals surface area contributed by atoms with Crippen molar-refractivity contribution in [2.24, 2.45) is 0 Å². The summed E-state index contributed by atoms with van der Waals surface area (Å²) in [5, 5.41) is 6.15. The lowest BCUT2D eigenvalue weighted by molar-refractivity contribution is 0.314. The van der Waals surface area contributed by atoms with Gasteiger partial charge in [0.15, 0.2) is 0 Å². The van der Waals surface area contributed by atoms with Gasteiger partial charge in [-0.15, -0.1) is 11.3 Å². The molecule has 0 unspecified atom stereocenters.